The van der Waals surface area contributed by atoms with E-state index in [0.29, 0.717) is 5.56 Å². The van der Waals surface area contributed by atoms with E-state index >= 15 is 0 Å². The maximum absolute atomic E-state index is 14.3. The number of fused-ring (bicyclic) bond motifs is 1. The maximum atomic E-state index is 14.3. The molecular formula is C22H14F3N. The third-order valence-electron chi connectivity index (χ3n) is 4.09. The van der Waals surface area contributed by atoms with E-state index in [0.717, 1.165) is 24.5 Å². The van der Waals surface area contributed by atoms with Crippen molar-refractivity contribution in [3.05, 3.63) is 82.2 Å². The lowest BCUT2D eigenvalue weighted by molar-refractivity contribution is 0.585. The van der Waals surface area contributed by atoms with Gasteiger partial charge >= 0.3 is 0 Å². The van der Waals surface area contributed by atoms with E-state index in [1.54, 1.807) is 18.2 Å². The largest absolute Gasteiger partial charge is 0.206 e. The third kappa shape index (κ3) is 3.27. The van der Waals surface area contributed by atoms with Crippen LogP contribution in [0.2, 0.25) is 0 Å². The van der Waals surface area contributed by atoms with Crippen molar-refractivity contribution < 1.29 is 13.2 Å². The fraction of sp³-hybridized carbons (Fsp3) is 0.136. The lowest BCUT2D eigenvalue weighted by Gasteiger charge is -2.05. The normalized spacial score (nSPS) is 10.3. The van der Waals surface area contributed by atoms with Crippen LogP contribution in [-0.4, -0.2) is 0 Å². The second kappa shape index (κ2) is 7.33. The van der Waals surface area contributed by atoms with E-state index < -0.39 is 23.0 Å². The summed E-state index contributed by atoms with van der Waals surface area (Å²) in [6, 6.07) is 12.1. The molecule has 0 aliphatic heterocycles. The fourth-order valence-corrected chi connectivity index (χ4v) is 2.80. The molecule has 0 unspecified atom stereocenters. The van der Waals surface area contributed by atoms with Gasteiger partial charge in [0.25, 0.3) is 0 Å². The van der Waals surface area contributed by atoms with Crippen LogP contribution in [-0.2, 0) is 6.42 Å². The fourth-order valence-electron chi connectivity index (χ4n) is 2.80. The number of halogens is 3. The summed E-state index contributed by atoms with van der Waals surface area (Å²) in [5.41, 5.74) is 0.854. The van der Waals surface area contributed by atoms with Gasteiger partial charge in [0, 0.05) is 16.3 Å². The molecule has 0 saturated heterocycles. The first-order chi connectivity index (χ1) is 12.5. The molecule has 3 aromatic rings. The highest BCUT2D eigenvalue weighted by molar-refractivity contribution is 5.90. The minimum atomic E-state index is -0.943. The van der Waals surface area contributed by atoms with Gasteiger partial charge in [0.1, 0.15) is 23.3 Å². The first-order valence-corrected chi connectivity index (χ1v) is 8.16. The molecule has 0 saturated carbocycles. The summed E-state index contributed by atoms with van der Waals surface area (Å²) in [4.78, 5) is 0. The smallest absolute Gasteiger partial charge is 0.151 e. The molecule has 0 aliphatic carbocycles. The van der Waals surface area contributed by atoms with Gasteiger partial charge in [-0.25, -0.2) is 13.2 Å². The van der Waals surface area contributed by atoms with Gasteiger partial charge in [-0.3, -0.25) is 0 Å². The van der Waals surface area contributed by atoms with Crippen molar-refractivity contribution in [2.45, 2.75) is 19.8 Å². The number of nitrogens with zero attached hydrogens (tertiary/aromatic N) is 1. The average Bonchev–Trinajstić information content (AvgIpc) is 2.62. The molecule has 0 radical (unpaired) electrons. The average molecular weight is 349 g/mol. The number of hydrogen-bond acceptors (Lipinski definition) is 1. The molecule has 1 nitrogen and oxygen atoms in total. The Morgan fingerprint density at radius 2 is 1.65 bits per heavy atom. The SMILES string of the molecule is CCCc1ccc(C#Cc2cccc3c(F)c(C#N)c(F)cc23)c(F)c1. The van der Waals surface area contributed by atoms with Crippen LogP contribution >= 0.6 is 0 Å². The highest BCUT2D eigenvalue weighted by atomic mass is 19.1. The Hall–Kier alpha value is -3.24. The van der Waals surface area contributed by atoms with Crippen LogP contribution in [0.15, 0.2) is 42.5 Å². The third-order valence-corrected chi connectivity index (χ3v) is 4.09. The van der Waals surface area contributed by atoms with Gasteiger partial charge in [-0.2, -0.15) is 5.26 Å². The highest BCUT2D eigenvalue weighted by Crippen LogP contribution is 2.26. The van der Waals surface area contributed by atoms with Crippen LogP contribution < -0.4 is 0 Å². The molecule has 26 heavy (non-hydrogen) atoms. The molecule has 0 spiro atoms. The minimum absolute atomic E-state index is 0.105. The van der Waals surface area contributed by atoms with E-state index in [1.807, 2.05) is 13.0 Å². The molecule has 0 fully saturated rings. The monoisotopic (exact) mass is 349 g/mol. The first-order valence-electron chi connectivity index (χ1n) is 8.16. The minimum Gasteiger partial charge on any atom is -0.206 e. The molecule has 0 N–H and O–H groups in total. The van der Waals surface area contributed by atoms with E-state index in [4.69, 9.17) is 5.26 Å². The molecule has 0 atom stereocenters. The topological polar surface area (TPSA) is 23.8 Å². The van der Waals surface area contributed by atoms with Crippen LogP contribution in [0.25, 0.3) is 10.8 Å². The van der Waals surface area contributed by atoms with Gasteiger partial charge in [0.2, 0.25) is 0 Å². The molecule has 128 valence electrons. The van der Waals surface area contributed by atoms with Gasteiger partial charge in [-0.15, -0.1) is 0 Å². The van der Waals surface area contributed by atoms with Gasteiger partial charge in [-0.1, -0.05) is 43.4 Å². The Labute approximate surface area is 149 Å². The predicted molar refractivity (Wildman–Crippen MR) is 95.0 cm³/mol. The van der Waals surface area contributed by atoms with Gasteiger partial charge in [-0.05, 0) is 36.2 Å². The Kier molecular flexibility index (Phi) is 4.96. The standard InChI is InChI=1S/C22H14F3N/c1-2-4-14-7-8-16(20(23)11-14)10-9-15-5-3-6-17-18(15)12-21(24)19(13-26)22(17)25/h3,5-8,11-12H,2,4H2,1H3. The Balaban J connectivity index is 2.09. The second-order valence-corrected chi connectivity index (χ2v) is 5.87. The van der Waals surface area contributed by atoms with Crippen molar-refractivity contribution in [1.82, 2.24) is 0 Å². The zero-order valence-corrected chi connectivity index (χ0v) is 14.0. The highest BCUT2D eigenvalue weighted by Gasteiger charge is 2.14. The number of aryl methyl sites for hydroxylation is 1. The molecule has 3 aromatic carbocycles. The van der Waals surface area contributed by atoms with Gasteiger partial charge < -0.3 is 0 Å². The lowest BCUT2D eigenvalue weighted by Crippen LogP contribution is -1.94. The van der Waals surface area contributed by atoms with Crippen molar-refractivity contribution in [3.8, 4) is 17.9 Å². The summed E-state index contributed by atoms with van der Waals surface area (Å²) in [7, 11) is 0. The second-order valence-electron chi connectivity index (χ2n) is 5.87. The number of benzene rings is 3. The molecular weight excluding hydrogens is 335 g/mol. The Bertz CT molecular complexity index is 1100. The molecule has 3 rings (SSSR count). The van der Waals surface area contributed by atoms with E-state index in [9.17, 15) is 13.2 Å². The van der Waals surface area contributed by atoms with Crippen LogP contribution in [0, 0.1) is 40.6 Å². The summed E-state index contributed by atoms with van der Waals surface area (Å²) in [6.45, 7) is 2.02. The zero-order valence-electron chi connectivity index (χ0n) is 14.0. The summed E-state index contributed by atoms with van der Waals surface area (Å²) in [5, 5.41) is 9.22. The van der Waals surface area contributed by atoms with Crippen LogP contribution in [0.4, 0.5) is 13.2 Å². The number of hydrogen-bond donors (Lipinski definition) is 0. The molecule has 0 aliphatic rings. The van der Waals surface area contributed by atoms with E-state index in [-0.39, 0.29) is 16.3 Å². The van der Waals surface area contributed by atoms with Crippen LogP contribution in [0.3, 0.4) is 0 Å². The van der Waals surface area contributed by atoms with Crippen molar-refractivity contribution in [2.24, 2.45) is 0 Å². The van der Waals surface area contributed by atoms with Gasteiger partial charge in [0.05, 0.1) is 5.56 Å². The number of rotatable bonds is 2. The summed E-state index contributed by atoms with van der Waals surface area (Å²) < 4.78 is 42.4. The van der Waals surface area contributed by atoms with Crippen molar-refractivity contribution in [3.63, 3.8) is 0 Å². The zero-order chi connectivity index (χ0) is 18.7. The molecule has 0 bridgehead atoms. The molecule has 0 amide bonds. The molecule has 4 heteroatoms. The lowest BCUT2D eigenvalue weighted by atomic mass is 10.0. The van der Waals surface area contributed by atoms with Gasteiger partial charge in [0.15, 0.2) is 5.82 Å². The van der Waals surface area contributed by atoms with E-state index in [1.165, 1.54) is 18.2 Å². The maximum Gasteiger partial charge on any atom is 0.151 e. The summed E-state index contributed by atoms with van der Waals surface area (Å²) >= 11 is 0. The van der Waals surface area contributed by atoms with Crippen LogP contribution in [0.1, 0.15) is 35.6 Å². The Morgan fingerprint density at radius 3 is 2.35 bits per heavy atom. The van der Waals surface area contributed by atoms with Crippen LogP contribution in [0.5, 0.6) is 0 Å². The molecule has 0 aromatic heterocycles. The molecule has 0 heterocycles. The van der Waals surface area contributed by atoms with Crippen molar-refractivity contribution in [2.75, 3.05) is 0 Å². The summed E-state index contributed by atoms with van der Waals surface area (Å²) in [6.07, 6.45) is 1.70. The summed E-state index contributed by atoms with van der Waals surface area (Å²) in [5.74, 6) is 3.22. The number of nitriles is 1. The quantitative estimate of drug-likeness (QED) is 0.562. The Morgan fingerprint density at radius 1 is 0.885 bits per heavy atom. The first kappa shape index (κ1) is 17.6. The van der Waals surface area contributed by atoms with E-state index in [2.05, 4.69) is 11.8 Å². The predicted octanol–water partition coefficient (Wildman–Crippen LogP) is 5.48. The van der Waals surface area contributed by atoms with Crippen molar-refractivity contribution in [1.29, 1.82) is 5.26 Å². The van der Waals surface area contributed by atoms with Crippen molar-refractivity contribution >= 4 is 10.8 Å².